The second-order valence-corrected chi connectivity index (χ2v) is 4.68. The van der Waals surface area contributed by atoms with E-state index in [1.807, 2.05) is 23.8 Å². The summed E-state index contributed by atoms with van der Waals surface area (Å²) in [5, 5.41) is 11.6. The number of carboxylic acids is 1. The predicted octanol–water partition coefficient (Wildman–Crippen LogP) is 1.81. The number of hydrogen-bond acceptors (Lipinski definition) is 2. The Morgan fingerprint density at radius 1 is 1.56 bits per heavy atom. The van der Waals surface area contributed by atoms with Gasteiger partial charge in [-0.1, -0.05) is 13.3 Å². The van der Waals surface area contributed by atoms with Crippen LogP contribution >= 0.6 is 0 Å². The predicted molar refractivity (Wildman–Crippen MR) is 66.5 cm³/mol. The summed E-state index contributed by atoms with van der Waals surface area (Å²) in [6.07, 6.45) is 5.23. The number of carboxylic acid groups (broad SMARTS) is 1. The van der Waals surface area contributed by atoms with Crippen LogP contribution in [0.15, 0.2) is 18.3 Å². The molecular weight excluding hydrogens is 232 g/mol. The molecule has 1 aliphatic carbocycles. The van der Waals surface area contributed by atoms with Crippen molar-refractivity contribution in [2.75, 3.05) is 0 Å². The molecule has 1 aromatic rings. The molecule has 0 saturated heterocycles. The Balaban J connectivity index is 2.05. The van der Waals surface area contributed by atoms with Crippen LogP contribution in [-0.4, -0.2) is 27.6 Å². The van der Waals surface area contributed by atoms with E-state index in [1.54, 1.807) is 6.07 Å². The molecule has 0 spiro atoms. The first-order valence-corrected chi connectivity index (χ1v) is 6.34. The quantitative estimate of drug-likeness (QED) is 0.808. The summed E-state index contributed by atoms with van der Waals surface area (Å²) >= 11 is 0. The number of aromatic nitrogens is 1. The maximum Gasteiger partial charge on any atom is 0.326 e. The lowest BCUT2D eigenvalue weighted by Crippen LogP contribution is -2.41. The first-order chi connectivity index (χ1) is 8.63. The molecule has 5 heteroatoms. The number of amides is 1. The third-order valence-electron chi connectivity index (χ3n) is 3.13. The summed E-state index contributed by atoms with van der Waals surface area (Å²) in [5.74, 6) is -1.28. The molecule has 2 rings (SSSR count). The Bertz CT molecular complexity index is 449. The summed E-state index contributed by atoms with van der Waals surface area (Å²) < 4.78 is 1.93. The highest BCUT2D eigenvalue weighted by Crippen LogP contribution is 2.35. The number of carbonyl (C=O) groups is 2. The first-order valence-electron chi connectivity index (χ1n) is 6.34. The Labute approximate surface area is 106 Å². The van der Waals surface area contributed by atoms with Crippen molar-refractivity contribution in [1.29, 1.82) is 0 Å². The molecule has 2 N–H and O–H groups in total. The summed E-state index contributed by atoms with van der Waals surface area (Å²) in [6.45, 7) is 1.90. The van der Waals surface area contributed by atoms with E-state index in [0.717, 1.165) is 19.3 Å². The summed E-state index contributed by atoms with van der Waals surface area (Å²) in [7, 11) is 0. The van der Waals surface area contributed by atoms with Gasteiger partial charge >= 0.3 is 5.97 Å². The second kappa shape index (κ2) is 5.25. The van der Waals surface area contributed by atoms with Gasteiger partial charge < -0.3 is 15.0 Å². The number of hydrogen-bond donors (Lipinski definition) is 2. The normalized spacial score (nSPS) is 16.3. The lowest BCUT2D eigenvalue weighted by molar-refractivity contribution is -0.139. The fourth-order valence-electron chi connectivity index (χ4n) is 2.04. The number of nitrogens with one attached hydrogen (secondary N) is 1. The number of nitrogens with zero attached hydrogens (tertiary/aromatic N) is 1. The molecule has 18 heavy (non-hydrogen) atoms. The Morgan fingerprint density at radius 2 is 2.28 bits per heavy atom. The van der Waals surface area contributed by atoms with Gasteiger partial charge in [0.05, 0.1) is 0 Å². The summed E-state index contributed by atoms with van der Waals surface area (Å²) in [4.78, 5) is 23.1. The minimum absolute atomic E-state index is 0.298. The zero-order chi connectivity index (χ0) is 13.1. The maximum atomic E-state index is 12.1. The standard InChI is InChI=1S/C13H18N2O3/c1-2-4-10(13(17)18)14-12(16)11-5-3-8-15(11)9-6-7-9/h3,5,8-10H,2,4,6-7H2,1H3,(H,14,16)(H,17,18)/t10-/m0/s1. The van der Waals surface area contributed by atoms with Crippen LogP contribution in [0.3, 0.4) is 0 Å². The van der Waals surface area contributed by atoms with Crippen LogP contribution < -0.4 is 5.32 Å². The van der Waals surface area contributed by atoms with Gasteiger partial charge in [0.2, 0.25) is 0 Å². The van der Waals surface area contributed by atoms with E-state index in [1.165, 1.54) is 0 Å². The summed E-state index contributed by atoms with van der Waals surface area (Å²) in [6, 6.07) is 3.17. The average Bonchev–Trinajstić information content (AvgIpc) is 3.06. The molecule has 98 valence electrons. The van der Waals surface area contributed by atoms with Gasteiger partial charge in [-0.15, -0.1) is 0 Å². The minimum Gasteiger partial charge on any atom is -0.480 e. The van der Waals surface area contributed by atoms with Crippen molar-refractivity contribution in [1.82, 2.24) is 9.88 Å². The average molecular weight is 250 g/mol. The molecule has 0 radical (unpaired) electrons. The second-order valence-electron chi connectivity index (χ2n) is 4.68. The van der Waals surface area contributed by atoms with Gasteiger partial charge in [-0.25, -0.2) is 4.79 Å². The van der Waals surface area contributed by atoms with Gasteiger partial charge in [0.1, 0.15) is 11.7 Å². The fourth-order valence-corrected chi connectivity index (χ4v) is 2.04. The van der Waals surface area contributed by atoms with E-state index in [9.17, 15) is 9.59 Å². The third kappa shape index (κ3) is 2.72. The highest BCUT2D eigenvalue weighted by Gasteiger charge is 2.28. The summed E-state index contributed by atoms with van der Waals surface area (Å²) in [5.41, 5.74) is 0.555. The Kier molecular flexibility index (Phi) is 3.69. The van der Waals surface area contributed by atoms with E-state index in [0.29, 0.717) is 18.2 Å². The molecule has 1 heterocycles. The minimum atomic E-state index is -0.977. The lowest BCUT2D eigenvalue weighted by Gasteiger charge is -2.14. The largest absolute Gasteiger partial charge is 0.480 e. The van der Waals surface area contributed by atoms with Gasteiger partial charge in [0, 0.05) is 12.2 Å². The highest BCUT2D eigenvalue weighted by molar-refractivity contribution is 5.95. The monoisotopic (exact) mass is 250 g/mol. The number of rotatable bonds is 6. The topological polar surface area (TPSA) is 71.3 Å². The van der Waals surface area contributed by atoms with Crippen LogP contribution in [0.25, 0.3) is 0 Å². The zero-order valence-electron chi connectivity index (χ0n) is 10.4. The van der Waals surface area contributed by atoms with E-state index in [2.05, 4.69) is 5.32 Å². The lowest BCUT2D eigenvalue weighted by atomic mass is 10.1. The van der Waals surface area contributed by atoms with Gasteiger partial charge in [0.15, 0.2) is 0 Å². The van der Waals surface area contributed by atoms with Crippen LogP contribution in [-0.2, 0) is 4.79 Å². The molecule has 0 bridgehead atoms. The molecule has 0 unspecified atom stereocenters. The fraction of sp³-hybridized carbons (Fsp3) is 0.538. The molecule has 0 aliphatic heterocycles. The maximum absolute atomic E-state index is 12.1. The van der Waals surface area contributed by atoms with Crippen molar-refractivity contribution in [2.24, 2.45) is 0 Å². The highest BCUT2D eigenvalue weighted by atomic mass is 16.4. The molecule has 1 fully saturated rings. The van der Waals surface area contributed by atoms with Gasteiger partial charge in [0.25, 0.3) is 5.91 Å². The molecule has 1 amide bonds. The van der Waals surface area contributed by atoms with Crippen molar-refractivity contribution in [3.05, 3.63) is 24.0 Å². The Hall–Kier alpha value is -1.78. The molecule has 1 saturated carbocycles. The van der Waals surface area contributed by atoms with E-state index in [4.69, 9.17) is 5.11 Å². The molecular formula is C13H18N2O3. The third-order valence-corrected chi connectivity index (χ3v) is 3.13. The van der Waals surface area contributed by atoms with Gasteiger partial charge in [-0.3, -0.25) is 4.79 Å². The van der Waals surface area contributed by atoms with Crippen molar-refractivity contribution in [3.63, 3.8) is 0 Å². The zero-order valence-corrected chi connectivity index (χ0v) is 10.4. The van der Waals surface area contributed by atoms with Gasteiger partial charge in [-0.05, 0) is 31.4 Å². The van der Waals surface area contributed by atoms with Crippen LogP contribution in [0.4, 0.5) is 0 Å². The first kappa shape index (κ1) is 12.7. The molecule has 1 atom stereocenters. The molecule has 0 aromatic carbocycles. The van der Waals surface area contributed by atoms with Crippen LogP contribution in [0.5, 0.6) is 0 Å². The van der Waals surface area contributed by atoms with Crippen LogP contribution in [0, 0.1) is 0 Å². The molecule has 1 aliphatic rings. The number of carbonyl (C=O) groups excluding carboxylic acids is 1. The van der Waals surface area contributed by atoms with Crippen molar-refractivity contribution in [2.45, 2.75) is 44.7 Å². The Morgan fingerprint density at radius 3 is 2.83 bits per heavy atom. The SMILES string of the molecule is CCC[C@H](NC(=O)c1cccn1C1CC1)C(=O)O. The van der Waals surface area contributed by atoms with E-state index >= 15 is 0 Å². The van der Waals surface area contributed by atoms with E-state index < -0.39 is 12.0 Å². The van der Waals surface area contributed by atoms with Gasteiger partial charge in [-0.2, -0.15) is 0 Å². The molecule has 5 nitrogen and oxygen atoms in total. The van der Waals surface area contributed by atoms with Crippen LogP contribution in [0.1, 0.15) is 49.1 Å². The number of aliphatic carboxylic acids is 1. The van der Waals surface area contributed by atoms with Crippen molar-refractivity contribution >= 4 is 11.9 Å². The van der Waals surface area contributed by atoms with E-state index in [-0.39, 0.29) is 5.91 Å². The van der Waals surface area contributed by atoms with Crippen LogP contribution in [0.2, 0.25) is 0 Å². The van der Waals surface area contributed by atoms with Crippen molar-refractivity contribution in [3.8, 4) is 0 Å². The molecule has 1 aromatic heterocycles. The smallest absolute Gasteiger partial charge is 0.326 e. The van der Waals surface area contributed by atoms with Crippen molar-refractivity contribution < 1.29 is 14.7 Å².